The van der Waals surface area contributed by atoms with E-state index in [9.17, 15) is 0 Å². The third-order valence-corrected chi connectivity index (χ3v) is 0.0962. The standard InChI is InChI=1S/C2H4O2.CH4O/c1-4-2-3;1-2/h2H,1H3;2H,1H3. The molecule has 3 nitrogen and oxygen atoms in total. The van der Waals surface area contributed by atoms with E-state index in [2.05, 4.69) is 4.74 Å². The van der Waals surface area contributed by atoms with E-state index in [0.29, 0.717) is 6.47 Å². The van der Waals surface area contributed by atoms with Gasteiger partial charge in [0, 0.05) is 7.11 Å². The third kappa shape index (κ3) is 110. The predicted octanol–water partition coefficient (Wildman–Crippen LogP) is -0.602. The second kappa shape index (κ2) is 25.5. The van der Waals surface area contributed by atoms with Crippen LogP contribution in [0, 0.1) is 0 Å². The Balaban J connectivity index is 0. The lowest BCUT2D eigenvalue weighted by Crippen LogP contribution is -1.68. The van der Waals surface area contributed by atoms with Crippen LogP contribution < -0.4 is 0 Å². The molecular formula is C3H8O3. The summed E-state index contributed by atoms with van der Waals surface area (Å²) >= 11 is 0. The fourth-order valence-corrected chi connectivity index (χ4v) is 0. The smallest absolute Gasteiger partial charge is 0.292 e. The molecule has 1 N–H and O–H groups in total. The molecular weight excluding hydrogens is 84.0 g/mol. The molecule has 0 heterocycles. The summed E-state index contributed by atoms with van der Waals surface area (Å²) in [6.07, 6.45) is 0. The molecule has 0 aromatic rings. The lowest BCUT2D eigenvalue weighted by atomic mass is 11.5. The van der Waals surface area contributed by atoms with Gasteiger partial charge in [0.15, 0.2) is 0 Å². The first kappa shape index (κ1) is 9.06. The van der Waals surface area contributed by atoms with E-state index >= 15 is 0 Å². The summed E-state index contributed by atoms with van der Waals surface area (Å²) in [5, 5.41) is 7.00. The van der Waals surface area contributed by atoms with Gasteiger partial charge in [0.2, 0.25) is 0 Å². The van der Waals surface area contributed by atoms with Crippen LogP contribution in [0.15, 0.2) is 0 Å². The summed E-state index contributed by atoms with van der Waals surface area (Å²) in [6, 6.07) is 0. The van der Waals surface area contributed by atoms with Crippen LogP contribution in [0.3, 0.4) is 0 Å². The molecule has 38 valence electrons. The lowest BCUT2D eigenvalue weighted by molar-refractivity contribution is -0.126. The summed E-state index contributed by atoms with van der Waals surface area (Å²) in [7, 11) is 2.31. The Labute approximate surface area is 36.5 Å². The van der Waals surface area contributed by atoms with Crippen LogP contribution in [0.25, 0.3) is 0 Å². The largest absolute Gasteiger partial charge is 0.471 e. The number of rotatable bonds is 1. The minimum atomic E-state index is 0.375. The molecule has 6 heavy (non-hydrogen) atoms. The number of ether oxygens (including phenoxy) is 1. The molecule has 0 radical (unpaired) electrons. The molecule has 0 rings (SSSR count). The van der Waals surface area contributed by atoms with Crippen molar-refractivity contribution in [1.82, 2.24) is 0 Å². The fraction of sp³-hybridized carbons (Fsp3) is 0.667. The second-order valence-electron chi connectivity index (χ2n) is 0.332. The Morgan fingerprint density at radius 1 is 1.67 bits per heavy atom. The highest BCUT2D eigenvalue weighted by atomic mass is 16.5. The normalized spacial score (nSPS) is 4.50. The minimum Gasteiger partial charge on any atom is -0.471 e. The van der Waals surface area contributed by atoms with Gasteiger partial charge in [-0.2, -0.15) is 0 Å². The highest BCUT2D eigenvalue weighted by Gasteiger charge is 1.44. The quantitative estimate of drug-likeness (QED) is 0.439. The van der Waals surface area contributed by atoms with Crippen LogP contribution in [-0.2, 0) is 9.53 Å². The Morgan fingerprint density at radius 2 is 1.83 bits per heavy atom. The summed E-state index contributed by atoms with van der Waals surface area (Å²) in [5.74, 6) is 0. The maximum absolute atomic E-state index is 8.95. The molecule has 0 aromatic heterocycles. The summed E-state index contributed by atoms with van der Waals surface area (Å²) < 4.78 is 3.86. The Morgan fingerprint density at radius 3 is 1.83 bits per heavy atom. The molecule has 0 unspecified atom stereocenters. The molecule has 0 saturated heterocycles. The summed E-state index contributed by atoms with van der Waals surface area (Å²) in [6.45, 7) is 0.375. The van der Waals surface area contributed by atoms with Crippen molar-refractivity contribution in [2.45, 2.75) is 0 Å². The number of hydrogen-bond acceptors (Lipinski definition) is 3. The molecule has 3 heteroatoms. The first-order chi connectivity index (χ1) is 2.91. The van der Waals surface area contributed by atoms with Crippen LogP contribution in [0.4, 0.5) is 0 Å². The first-order valence-corrected chi connectivity index (χ1v) is 1.33. The predicted molar refractivity (Wildman–Crippen MR) is 21.2 cm³/mol. The number of carbonyl (C=O) groups is 1. The highest BCUT2D eigenvalue weighted by molar-refractivity contribution is 5.36. The molecule has 0 spiro atoms. The molecule has 0 bridgehead atoms. The van der Waals surface area contributed by atoms with Gasteiger partial charge in [-0.05, 0) is 0 Å². The van der Waals surface area contributed by atoms with Crippen molar-refractivity contribution in [1.29, 1.82) is 0 Å². The fourth-order valence-electron chi connectivity index (χ4n) is 0. The van der Waals surface area contributed by atoms with Crippen LogP contribution in [0.1, 0.15) is 0 Å². The van der Waals surface area contributed by atoms with Crippen molar-refractivity contribution >= 4 is 6.47 Å². The molecule has 0 amide bonds. The Hall–Kier alpha value is -0.570. The van der Waals surface area contributed by atoms with Crippen molar-refractivity contribution in [2.75, 3.05) is 14.2 Å². The van der Waals surface area contributed by atoms with Crippen molar-refractivity contribution in [3.63, 3.8) is 0 Å². The van der Waals surface area contributed by atoms with E-state index in [4.69, 9.17) is 9.90 Å². The van der Waals surface area contributed by atoms with E-state index in [-0.39, 0.29) is 0 Å². The van der Waals surface area contributed by atoms with Gasteiger partial charge in [0.25, 0.3) is 6.47 Å². The van der Waals surface area contributed by atoms with Gasteiger partial charge in [-0.15, -0.1) is 0 Å². The van der Waals surface area contributed by atoms with E-state index in [0.717, 1.165) is 7.11 Å². The molecule has 0 fully saturated rings. The van der Waals surface area contributed by atoms with Crippen LogP contribution >= 0.6 is 0 Å². The SMILES string of the molecule is CO.COC=O. The number of hydrogen-bond donors (Lipinski definition) is 1. The average Bonchev–Trinajstić information content (AvgIpc) is 1.72. The summed E-state index contributed by atoms with van der Waals surface area (Å²) in [4.78, 5) is 8.95. The first-order valence-electron chi connectivity index (χ1n) is 1.33. The van der Waals surface area contributed by atoms with Gasteiger partial charge >= 0.3 is 0 Å². The van der Waals surface area contributed by atoms with Crippen LogP contribution in [0.5, 0.6) is 0 Å². The van der Waals surface area contributed by atoms with E-state index in [1.807, 2.05) is 0 Å². The van der Waals surface area contributed by atoms with Gasteiger partial charge in [0.05, 0.1) is 7.11 Å². The minimum absolute atomic E-state index is 0.375. The third-order valence-electron chi connectivity index (χ3n) is 0.0962. The molecule has 0 aliphatic carbocycles. The molecule has 0 aliphatic rings. The van der Waals surface area contributed by atoms with E-state index < -0.39 is 0 Å². The van der Waals surface area contributed by atoms with Crippen molar-refractivity contribution < 1.29 is 14.6 Å². The zero-order chi connectivity index (χ0) is 5.41. The van der Waals surface area contributed by atoms with Gasteiger partial charge < -0.3 is 9.84 Å². The van der Waals surface area contributed by atoms with Crippen LogP contribution in [0.2, 0.25) is 0 Å². The number of carbonyl (C=O) groups excluding carboxylic acids is 1. The number of aliphatic hydroxyl groups excluding tert-OH is 1. The Bertz CT molecular complexity index is 20.0. The summed E-state index contributed by atoms with van der Waals surface area (Å²) in [5.41, 5.74) is 0. The van der Waals surface area contributed by atoms with Crippen molar-refractivity contribution in [2.24, 2.45) is 0 Å². The molecule has 0 saturated carbocycles. The van der Waals surface area contributed by atoms with Crippen molar-refractivity contribution in [3.8, 4) is 0 Å². The highest BCUT2D eigenvalue weighted by Crippen LogP contribution is 1.35. The zero-order valence-electron chi connectivity index (χ0n) is 3.84. The molecule has 0 aromatic carbocycles. The maximum Gasteiger partial charge on any atom is 0.292 e. The maximum atomic E-state index is 8.95. The van der Waals surface area contributed by atoms with Gasteiger partial charge in [-0.25, -0.2) is 0 Å². The topological polar surface area (TPSA) is 46.5 Å². The van der Waals surface area contributed by atoms with Crippen molar-refractivity contribution in [3.05, 3.63) is 0 Å². The average molecular weight is 92.1 g/mol. The van der Waals surface area contributed by atoms with E-state index in [1.165, 1.54) is 7.11 Å². The number of aliphatic hydroxyl groups is 1. The van der Waals surface area contributed by atoms with Gasteiger partial charge in [-0.3, -0.25) is 4.79 Å². The molecule has 0 aliphatic heterocycles. The zero-order valence-corrected chi connectivity index (χ0v) is 3.84. The Kier molecular flexibility index (Phi) is 38.5. The van der Waals surface area contributed by atoms with Crippen LogP contribution in [-0.4, -0.2) is 25.8 Å². The second-order valence-corrected chi connectivity index (χ2v) is 0.332. The van der Waals surface area contributed by atoms with E-state index in [1.54, 1.807) is 0 Å². The van der Waals surface area contributed by atoms with Gasteiger partial charge in [-0.1, -0.05) is 0 Å². The monoisotopic (exact) mass is 92.0 g/mol. The van der Waals surface area contributed by atoms with Gasteiger partial charge in [0.1, 0.15) is 0 Å². The lowest BCUT2D eigenvalue weighted by Gasteiger charge is -1.67. The number of methoxy groups -OCH3 is 1. The molecule has 0 atom stereocenters.